The van der Waals surface area contributed by atoms with Crippen LogP contribution in [0.15, 0.2) is 33.9 Å². The Hall–Kier alpha value is -1.47. The van der Waals surface area contributed by atoms with Gasteiger partial charge in [0.25, 0.3) is 0 Å². The van der Waals surface area contributed by atoms with Crippen molar-refractivity contribution in [1.82, 2.24) is 10.6 Å². The van der Waals surface area contributed by atoms with Crippen molar-refractivity contribution < 1.29 is 13.9 Å². The topological polar surface area (TPSA) is 50.4 Å². The number of hydrogen-bond donors (Lipinski definition) is 2. The smallest absolute Gasteiger partial charge is 0.338 e. The van der Waals surface area contributed by atoms with Crippen LogP contribution in [0.5, 0.6) is 0 Å². The molecule has 22 heavy (non-hydrogen) atoms. The van der Waals surface area contributed by atoms with E-state index in [1.54, 1.807) is 32.9 Å². The molecule has 1 aromatic rings. The van der Waals surface area contributed by atoms with E-state index in [1.807, 2.05) is 0 Å². The SMILES string of the molecule is CC1=C(C(=O)OC(C)C)C(c2cc(Br)ccc2F)NC(=S)N1. The summed E-state index contributed by atoms with van der Waals surface area (Å²) in [7, 11) is 0. The minimum atomic E-state index is -0.697. The lowest BCUT2D eigenvalue weighted by molar-refractivity contribution is -0.143. The second kappa shape index (κ2) is 6.75. The number of carbonyl (C=O) groups is 1. The Balaban J connectivity index is 2.50. The summed E-state index contributed by atoms with van der Waals surface area (Å²) in [5, 5.41) is 6.15. The minimum absolute atomic E-state index is 0.269. The number of hydrogen-bond acceptors (Lipinski definition) is 3. The Bertz CT molecular complexity index is 661. The highest BCUT2D eigenvalue weighted by Gasteiger charge is 2.33. The number of thiocarbonyl (C=S) groups is 1. The maximum Gasteiger partial charge on any atom is 0.338 e. The van der Waals surface area contributed by atoms with Gasteiger partial charge in [0.15, 0.2) is 5.11 Å². The van der Waals surface area contributed by atoms with Gasteiger partial charge in [-0.25, -0.2) is 9.18 Å². The molecule has 2 N–H and O–H groups in total. The molecule has 0 saturated carbocycles. The molecule has 0 bridgehead atoms. The molecule has 0 amide bonds. The second-order valence-electron chi connectivity index (χ2n) is 5.19. The zero-order valence-electron chi connectivity index (χ0n) is 12.4. The first-order valence-electron chi connectivity index (χ1n) is 6.73. The molecule has 0 aromatic heterocycles. The molecule has 1 unspecified atom stereocenters. The third kappa shape index (κ3) is 3.64. The highest BCUT2D eigenvalue weighted by Crippen LogP contribution is 2.31. The Kier molecular flexibility index (Phi) is 5.18. The van der Waals surface area contributed by atoms with Gasteiger partial charge in [0, 0.05) is 15.7 Å². The van der Waals surface area contributed by atoms with Crippen molar-refractivity contribution in [2.24, 2.45) is 0 Å². The molecule has 1 aliphatic heterocycles. The number of allylic oxidation sites excluding steroid dienone is 1. The summed E-state index contributed by atoms with van der Waals surface area (Å²) in [4.78, 5) is 12.4. The normalized spacial score (nSPS) is 18.1. The molecule has 0 fully saturated rings. The van der Waals surface area contributed by atoms with Gasteiger partial charge in [-0.3, -0.25) is 0 Å². The van der Waals surface area contributed by atoms with Crippen molar-refractivity contribution in [3.8, 4) is 0 Å². The van der Waals surface area contributed by atoms with Gasteiger partial charge >= 0.3 is 5.97 Å². The van der Waals surface area contributed by atoms with Crippen LogP contribution in [0.1, 0.15) is 32.4 Å². The van der Waals surface area contributed by atoms with E-state index in [1.165, 1.54) is 6.07 Å². The van der Waals surface area contributed by atoms with E-state index >= 15 is 0 Å². The largest absolute Gasteiger partial charge is 0.459 e. The minimum Gasteiger partial charge on any atom is -0.459 e. The number of ether oxygens (including phenoxy) is 1. The average Bonchev–Trinajstić information content (AvgIpc) is 2.39. The van der Waals surface area contributed by atoms with Crippen LogP contribution in [0.2, 0.25) is 0 Å². The van der Waals surface area contributed by atoms with Crippen LogP contribution in [-0.2, 0) is 9.53 Å². The van der Waals surface area contributed by atoms with Gasteiger partial charge in [0.1, 0.15) is 5.82 Å². The van der Waals surface area contributed by atoms with E-state index in [-0.39, 0.29) is 6.10 Å². The van der Waals surface area contributed by atoms with Gasteiger partial charge < -0.3 is 15.4 Å². The number of nitrogens with one attached hydrogen (secondary N) is 2. The maximum atomic E-state index is 14.2. The predicted octanol–water partition coefficient (Wildman–Crippen LogP) is 3.33. The van der Waals surface area contributed by atoms with Gasteiger partial charge in [0.05, 0.1) is 17.7 Å². The Labute approximate surface area is 142 Å². The highest BCUT2D eigenvalue weighted by atomic mass is 79.9. The van der Waals surface area contributed by atoms with Gasteiger partial charge in [-0.1, -0.05) is 15.9 Å². The van der Waals surface area contributed by atoms with Crippen molar-refractivity contribution >= 4 is 39.2 Å². The lowest BCUT2D eigenvalue weighted by atomic mass is 9.95. The molecule has 1 aromatic carbocycles. The summed E-state index contributed by atoms with van der Waals surface area (Å²) in [6.45, 7) is 5.24. The van der Waals surface area contributed by atoms with Gasteiger partial charge in [-0.15, -0.1) is 0 Å². The molecule has 0 saturated heterocycles. The van der Waals surface area contributed by atoms with Crippen molar-refractivity contribution in [1.29, 1.82) is 0 Å². The molecule has 1 heterocycles. The fourth-order valence-electron chi connectivity index (χ4n) is 2.21. The van der Waals surface area contributed by atoms with Crippen LogP contribution in [0.3, 0.4) is 0 Å². The number of esters is 1. The molecular formula is C15H16BrFN2O2S. The first-order valence-corrected chi connectivity index (χ1v) is 7.94. The quantitative estimate of drug-likeness (QED) is 0.616. The Morgan fingerprint density at radius 2 is 2.14 bits per heavy atom. The molecule has 0 spiro atoms. The zero-order valence-corrected chi connectivity index (χ0v) is 14.8. The lowest BCUT2D eigenvalue weighted by Gasteiger charge is -2.30. The highest BCUT2D eigenvalue weighted by molar-refractivity contribution is 9.10. The Morgan fingerprint density at radius 1 is 1.45 bits per heavy atom. The van der Waals surface area contributed by atoms with Crippen molar-refractivity contribution in [2.75, 3.05) is 0 Å². The molecule has 1 aliphatic rings. The molecule has 0 radical (unpaired) electrons. The van der Waals surface area contributed by atoms with Crippen molar-refractivity contribution in [3.05, 3.63) is 45.3 Å². The van der Waals surface area contributed by atoms with E-state index in [0.717, 1.165) is 0 Å². The summed E-state index contributed by atoms with van der Waals surface area (Å²) in [5.41, 5.74) is 1.20. The van der Waals surface area contributed by atoms with Crippen LogP contribution in [0.4, 0.5) is 4.39 Å². The zero-order chi connectivity index (χ0) is 16.4. The number of carbonyl (C=O) groups excluding carboxylic acids is 1. The standard InChI is InChI=1S/C15H16BrFN2O2S/c1-7(2)21-14(20)12-8(3)18-15(22)19-13(12)10-6-9(16)4-5-11(10)17/h4-7,13H,1-3H3,(H2,18,19,22). The molecule has 0 aliphatic carbocycles. The summed E-state index contributed by atoms with van der Waals surface area (Å²) >= 11 is 8.44. The predicted molar refractivity (Wildman–Crippen MR) is 89.6 cm³/mol. The first-order chi connectivity index (χ1) is 10.3. The van der Waals surface area contributed by atoms with Crippen LogP contribution in [0, 0.1) is 5.82 Å². The lowest BCUT2D eigenvalue weighted by Crippen LogP contribution is -2.45. The van der Waals surface area contributed by atoms with E-state index in [2.05, 4.69) is 26.6 Å². The summed E-state index contributed by atoms with van der Waals surface area (Å²) < 4.78 is 20.2. The van der Waals surface area contributed by atoms with E-state index < -0.39 is 17.8 Å². The van der Waals surface area contributed by atoms with Crippen molar-refractivity contribution in [2.45, 2.75) is 32.9 Å². The molecule has 7 heteroatoms. The monoisotopic (exact) mass is 386 g/mol. The van der Waals surface area contributed by atoms with E-state index in [0.29, 0.717) is 26.4 Å². The van der Waals surface area contributed by atoms with Crippen LogP contribution in [0.25, 0.3) is 0 Å². The molecule has 4 nitrogen and oxygen atoms in total. The number of benzene rings is 1. The second-order valence-corrected chi connectivity index (χ2v) is 6.51. The summed E-state index contributed by atoms with van der Waals surface area (Å²) in [6, 6.07) is 3.86. The van der Waals surface area contributed by atoms with E-state index in [4.69, 9.17) is 17.0 Å². The maximum absolute atomic E-state index is 14.2. The van der Waals surface area contributed by atoms with Crippen LogP contribution >= 0.6 is 28.1 Å². The van der Waals surface area contributed by atoms with E-state index in [9.17, 15) is 9.18 Å². The molecule has 1 atom stereocenters. The average molecular weight is 387 g/mol. The summed E-state index contributed by atoms with van der Waals surface area (Å²) in [5.74, 6) is -0.924. The van der Waals surface area contributed by atoms with Crippen LogP contribution in [-0.4, -0.2) is 17.2 Å². The van der Waals surface area contributed by atoms with Crippen LogP contribution < -0.4 is 10.6 Å². The first kappa shape index (κ1) is 16.9. The Morgan fingerprint density at radius 3 is 2.77 bits per heavy atom. The molecule has 2 rings (SSSR count). The van der Waals surface area contributed by atoms with Gasteiger partial charge in [-0.2, -0.15) is 0 Å². The summed E-state index contributed by atoms with van der Waals surface area (Å²) in [6.07, 6.45) is -0.269. The number of halogens is 2. The molecular weight excluding hydrogens is 371 g/mol. The van der Waals surface area contributed by atoms with Crippen molar-refractivity contribution in [3.63, 3.8) is 0 Å². The van der Waals surface area contributed by atoms with Gasteiger partial charge in [0.2, 0.25) is 0 Å². The fraction of sp³-hybridized carbons (Fsp3) is 0.333. The molecule has 118 valence electrons. The third-order valence-electron chi connectivity index (χ3n) is 3.10. The van der Waals surface area contributed by atoms with Gasteiger partial charge in [-0.05, 0) is 51.2 Å². The third-order valence-corrected chi connectivity index (χ3v) is 3.81. The fourth-order valence-corrected chi connectivity index (χ4v) is 2.86. The number of rotatable bonds is 3.